The third-order valence-electron chi connectivity index (χ3n) is 4.89. The summed E-state index contributed by atoms with van der Waals surface area (Å²) in [5.74, 6) is -2.95. The van der Waals surface area contributed by atoms with Crippen molar-refractivity contribution in [2.45, 2.75) is 31.6 Å². The molecule has 0 bridgehead atoms. The van der Waals surface area contributed by atoms with Crippen LogP contribution < -0.4 is 5.32 Å². The van der Waals surface area contributed by atoms with E-state index in [2.05, 4.69) is 5.32 Å². The Bertz CT molecular complexity index is 862. The van der Waals surface area contributed by atoms with Gasteiger partial charge in [-0.1, -0.05) is 12.1 Å². The summed E-state index contributed by atoms with van der Waals surface area (Å²) in [6.07, 6.45) is 0.469. The average Bonchev–Trinajstić information content (AvgIpc) is 3.38. The zero-order valence-corrected chi connectivity index (χ0v) is 14.4. The molecule has 3 rings (SSSR count). The van der Waals surface area contributed by atoms with Crippen LogP contribution in [0.3, 0.4) is 0 Å². The van der Waals surface area contributed by atoms with Crippen molar-refractivity contribution in [1.82, 2.24) is 0 Å². The van der Waals surface area contributed by atoms with Crippen LogP contribution in [0.15, 0.2) is 42.5 Å². The number of carboxylic acids is 1. The van der Waals surface area contributed by atoms with Gasteiger partial charge in [-0.2, -0.15) is 0 Å². The Kier molecular flexibility index (Phi) is 4.52. The summed E-state index contributed by atoms with van der Waals surface area (Å²) in [5.41, 5.74) is 0.349. The van der Waals surface area contributed by atoms with Gasteiger partial charge in [0, 0.05) is 11.6 Å². The van der Waals surface area contributed by atoms with E-state index in [1.54, 1.807) is 38.1 Å². The molecule has 0 spiro atoms. The monoisotopic (exact) mass is 359 g/mol. The van der Waals surface area contributed by atoms with Gasteiger partial charge in [0.25, 0.3) is 0 Å². The van der Waals surface area contributed by atoms with E-state index < -0.39 is 28.9 Å². The first-order valence-corrected chi connectivity index (χ1v) is 8.30. The maximum Gasteiger partial charge on any atom is 0.313 e. The fourth-order valence-electron chi connectivity index (χ4n) is 2.96. The third-order valence-corrected chi connectivity index (χ3v) is 4.89. The second-order valence-corrected chi connectivity index (χ2v) is 7.11. The number of anilines is 1. The van der Waals surface area contributed by atoms with E-state index in [0.29, 0.717) is 17.7 Å². The molecule has 26 heavy (non-hydrogen) atoms. The van der Waals surface area contributed by atoms with Gasteiger partial charge in [0.2, 0.25) is 5.91 Å². The number of carboxylic acid groups (broad SMARTS) is 1. The van der Waals surface area contributed by atoms with Crippen LogP contribution >= 0.6 is 0 Å². The number of hydrogen-bond donors (Lipinski definition) is 2. The van der Waals surface area contributed by atoms with Gasteiger partial charge in [-0.15, -0.1) is 0 Å². The summed E-state index contributed by atoms with van der Waals surface area (Å²) in [6.45, 7) is 3.20. The first-order valence-electron chi connectivity index (χ1n) is 8.30. The SMILES string of the molecule is CC(C)(C(=O)O)c1ccc(NC(=O)C2CC2c2cc(F)ccc2F)cc1. The van der Waals surface area contributed by atoms with Crippen LogP contribution in [0.5, 0.6) is 0 Å². The standard InChI is InChI=1S/C20H19F2NO3/c1-20(2,19(25)26)11-3-6-13(7-4-11)23-18(24)16-10-14(16)15-9-12(21)5-8-17(15)22/h3-9,14,16H,10H2,1-2H3,(H,23,24)(H,25,26). The van der Waals surface area contributed by atoms with Gasteiger partial charge in [0.05, 0.1) is 5.41 Å². The highest BCUT2D eigenvalue weighted by atomic mass is 19.1. The highest BCUT2D eigenvalue weighted by Gasteiger charge is 2.45. The molecule has 1 saturated carbocycles. The summed E-state index contributed by atoms with van der Waals surface area (Å²) in [7, 11) is 0. The first kappa shape index (κ1) is 18.0. The molecule has 2 unspecified atom stereocenters. The molecule has 0 radical (unpaired) electrons. The zero-order chi connectivity index (χ0) is 19.1. The quantitative estimate of drug-likeness (QED) is 0.846. The summed E-state index contributed by atoms with van der Waals surface area (Å²) in [6, 6.07) is 9.84. The molecule has 0 aliphatic heterocycles. The predicted molar refractivity (Wildman–Crippen MR) is 92.9 cm³/mol. The second-order valence-electron chi connectivity index (χ2n) is 7.11. The molecule has 1 aliphatic carbocycles. The van der Waals surface area contributed by atoms with Crippen molar-refractivity contribution in [3.05, 3.63) is 65.2 Å². The number of halogens is 2. The highest BCUT2D eigenvalue weighted by Crippen LogP contribution is 2.49. The largest absolute Gasteiger partial charge is 0.481 e. The number of hydrogen-bond acceptors (Lipinski definition) is 2. The van der Waals surface area contributed by atoms with E-state index in [-0.39, 0.29) is 17.4 Å². The number of carbonyl (C=O) groups excluding carboxylic acids is 1. The fourth-order valence-corrected chi connectivity index (χ4v) is 2.96. The molecule has 136 valence electrons. The Labute approximate surface area is 149 Å². The van der Waals surface area contributed by atoms with Crippen molar-refractivity contribution in [2.75, 3.05) is 5.32 Å². The van der Waals surface area contributed by atoms with E-state index >= 15 is 0 Å². The Morgan fingerprint density at radius 3 is 2.38 bits per heavy atom. The Balaban J connectivity index is 1.66. The van der Waals surface area contributed by atoms with E-state index in [9.17, 15) is 23.5 Å². The Morgan fingerprint density at radius 2 is 1.77 bits per heavy atom. The van der Waals surface area contributed by atoms with Crippen LogP contribution in [0.25, 0.3) is 0 Å². The molecule has 1 amide bonds. The number of amides is 1. The Morgan fingerprint density at radius 1 is 1.12 bits per heavy atom. The van der Waals surface area contributed by atoms with Crippen LogP contribution in [0, 0.1) is 17.6 Å². The topological polar surface area (TPSA) is 66.4 Å². The molecule has 1 aliphatic rings. The summed E-state index contributed by atoms with van der Waals surface area (Å²) >= 11 is 0. The lowest BCUT2D eigenvalue weighted by Gasteiger charge is -2.19. The van der Waals surface area contributed by atoms with E-state index in [1.807, 2.05) is 0 Å². The fraction of sp³-hybridized carbons (Fsp3) is 0.300. The summed E-state index contributed by atoms with van der Waals surface area (Å²) in [4.78, 5) is 23.6. The molecule has 2 atom stereocenters. The molecular formula is C20H19F2NO3. The van der Waals surface area contributed by atoms with Crippen molar-refractivity contribution in [1.29, 1.82) is 0 Å². The zero-order valence-electron chi connectivity index (χ0n) is 14.4. The van der Waals surface area contributed by atoms with Crippen LogP contribution in [-0.4, -0.2) is 17.0 Å². The lowest BCUT2D eigenvalue weighted by molar-refractivity contribution is -0.142. The van der Waals surface area contributed by atoms with Crippen molar-refractivity contribution in [3.63, 3.8) is 0 Å². The van der Waals surface area contributed by atoms with E-state index in [4.69, 9.17) is 0 Å². The molecule has 2 aromatic rings. The molecular weight excluding hydrogens is 340 g/mol. The third kappa shape index (κ3) is 3.45. The molecule has 0 saturated heterocycles. The summed E-state index contributed by atoms with van der Waals surface area (Å²) < 4.78 is 27.1. The number of aliphatic carboxylic acids is 1. The lowest BCUT2D eigenvalue weighted by atomic mass is 9.85. The van der Waals surface area contributed by atoms with Gasteiger partial charge >= 0.3 is 5.97 Å². The van der Waals surface area contributed by atoms with Gasteiger partial charge in [-0.25, -0.2) is 8.78 Å². The number of nitrogens with one attached hydrogen (secondary N) is 1. The van der Waals surface area contributed by atoms with Gasteiger partial charge < -0.3 is 10.4 Å². The number of benzene rings is 2. The van der Waals surface area contributed by atoms with E-state index in [0.717, 1.165) is 18.2 Å². The van der Waals surface area contributed by atoms with Crippen LogP contribution in [0.2, 0.25) is 0 Å². The molecule has 2 aromatic carbocycles. The smallest absolute Gasteiger partial charge is 0.313 e. The molecule has 4 nitrogen and oxygen atoms in total. The van der Waals surface area contributed by atoms with E-state index in [1.165, 1.54) is 0 Å². The minimum absolute atomic E-state index is 0.226. The Hall–Kier alpha value is -2.76. The second kappa shape index (κ2) is 6.52. The van der Waals surface area contributed by atoms with Crippen molar-refractivity contribution >= 4 is 17.6 Å². The summed E-state index contributed by atoms with van der Waals surface area (Å²) in [5, 5.41) is 12.0. The van der Waals surface area contributed by atoms with Crippen molar-refractivity contribution in [2.24, 2.45) is 5.92 Å². The number of carbonyl (C=O) groups is 2. The van der Waals surface area contributed by atoms with Crippen LogP contribution in [0.1, 0.15) is 37.3 Å². The predicted octanol–water partition coefficient (Wildman–Crippen LogP) is 4.07. The molecule has 1 fully saturated rings. The minimum atomic E-state index is -1.03. The van der Waals surface area contributed by atoms with Crippen LogP contribution in [0.4, 0.5) is 14.5 Å². The number of rotatable bonds is 5. The molecule has 2 N–H and O–H groups in total. The molecule has 6 heteroatoms. The normalized spacial score (nSPS) is 19.1. The maximum absolute atomic E-state index is 13.8. The van der Waals surface area contributed by atoms with Gasteiger partial charge in [0.15, 0.2) is 0 Å². The van der Waals surface area contributed by atoms with Crippen molar-refractivity contribution < 1.29 is 23.5 Å². The highest BCUT2D eigenvalue weighted by molar-refractivity contribution is 5.95. The van der Waals surface area contributed by atoms with Gasteiger partial charge in [0.1, 0.15) is 11.6 Å². The lowest BCUT2D eigenvalue weighted by Crippen LogP contribution is -2.28. The van der Waals surface area contributed by atoms with Crippen LogP contribution in [-0.2, 0) is 15.0 Å². The van der Waals surface area contributed by atoms with Gasteiger partial charge in [-0.05, 0) is 67.6 Å². The molecule has 0 aromatic heterocycles. The maximum atomic E-state index is 13.8. The molecule has 0 heterocycles. The minimum Gasteiger partial charge on any atom is -0.481 e. The average molecular weight is 359 g/mol. The van der Waals surface area contributed by atoms with Gasteiger partial charge in [-0.3, -0.25) is 9.59 Å². The first-order chi connectivity index (χ1) is 12.2. The van der Waals surface area contributed by atoms with Crippen molar-refractivity contribution in [3.8, 4) is 0 Å².